The number of sulfonamides is 1. The first-order valence-corrected chi connectivity index (χ1v) is 6.78. The van der Waals surface area contributed by atoms with Gasteiger partial charge in [0.15, 0.2) is 0 Å². The summed E-state index contributed by atoms with van der Waals surface area (Å²) in [6.07, 6.45) is 0. The first-order chi connectivity index (χ1) is 9.31. The van der Waals surface area contributed by atoms with Crippen molar-refractivity contribution in [3.63, 3.8) is 0 Å². The van der Waals surface area contributed by atoms with Crippen LogP contribution in [0.3, 0.4) is 0 Å². The van der Waals surface area contributed by atoms with Gasteiger partial charge in [-0.2, -0.15) is 4.72 Å². The van der Waals surface area contributed by atoms with Crippen molar-refractivity contribution in [2.24, 2.45) is 0 Å². The number of rotatable bonds is 6. The minimum absolute atomic E-state index is 0.00370. The number of carbonyl (C=O) groups is 2. The molecule has 0 saturated heterocycles. The molecule has 0 amide bonds. The van der Waals surface area contributed by atoms with Gasteiger partial charge in [0.2, 0.25) is 10.0 Å². The van der Waals surface area contributed by atoms with Gasteiger partial charge in [-0.05, 0) is 18.2 Å². The maximum absolute atomic E-state index is 12.0. The van der Waals surface area contributed by atoms with E-state index >= 15 is 0 Å². The van der Waals surface area contributed by atoms with Gasteiger partial charge in [-0.15, -0.1) is 0 Å². The number of methoxy groups -OCH3 is 2. The summed E-state index contributed by atoms with van der Waals surface area (Å²) in [5, 5.41) is 8.50. The number of carbonyl (C=O) groups excluding carboxylic acids is 1. The Morgan fingerprint density at radius 1 is 1.30 bits per heavy atom. The number of esters is 1. The summed E-state index contributed by atoms with van der Waals surface area (Å²) < 4.78 is 35.2. The average molecular weight is 303 g/mol. The summed E-state index contributed by atoms with van der Waals surface area (Å²) >= 11 is 0. The minimum Gasteiger partial charge on any atom is -0.495 e. The number of carboxylic acid groups (broad SMARTS) is 1. The van der Waals surface area contributed by atoms with Crippen molar-refractivity contribution in [1.82, 2.24) is 4.72 Å². The van der Waals surface area contributed by atoms with Crippen LogP contribution in [-0.2, 0) is 19.6 Å². The minimum atomic E-state index is -4.13. The van der Waals surface area contributed by atoms with E-state index in [9.17, 15) is 18.0 Å². The summed E-state index contributed by atoms with van der Waals surface area (Å²) in [5.41, 5.74) is 0.00370. The predicted molar refractivity (Wildman–Crippen MR) is 67.2 cm³/mol. The number of hydrogen-bond acceptors (Lipinski definition) is 6. The molecule has 0 aliphatic heterocycles. The Bertz CT molecular complexity index is 624. The Labute approximate surface area is 115 Å². The third-order valence-corrected chi connectivity index (χ3v) is 3.71. The van der Waals surface area contributed by atoms with Crippen LogP contribution < -0.4 is 9.46 Å². The molecule has 20 heavy (non-hydrogen) atoms. The summed E-state index contributed by atoms with van der Waals surface area (Å²) in [6.45, 7) is -0.784. The molecule has 0 aliphatic carbocycles. The molecular weight excluding hydrogens is 290 g/mol. The highest BCUT2D eigenvalue weighted by molar-refractivity contribution is 7.89. The molecular formula is C11H13NO7S. The van der Waals surface area contributed by atoms with Crippen LogP contribution in [0.25, 0.3) is 0 Å². The summed E-state index contributed by atoms with van der Waals surface area (Å²) in [7, 11) is -1.72. The van der Waals surface area contributed by atoms with Crippen molar-refractivity contribution in [3.05, 3.63) is 23.8 Å². The van der Waals surface area contributed by atoms with Crippen molar-refractivity contribution in [3.8, 4) is 5.75 Å². The van der Waals surface area contributed by atoms with Gasteiger partial charge in [-0.25, -0.2) is 13.2 Å². The smallest absolute Gasteiger partial charge is 0.337 e. The summed E-state index contributed by atoms with van der Waals surface area (Å²) in [4.78, 5) is 21.5. The zero-order valence-corrected chi connectivity index (χ0v) is 11.6. The van der Waals surface area contributed by atoms with Crippen LogP contribution in [-0.4, -0.2) is 46.2 Å². The van der Waals surface area contributed by atoms with E-state index in [-0.39, 0.29) is 16.2 Å². The second-order valence-electron chi connectivity index (χ2n) is 3.58. The van der Waals surface area contributed by atoms with E-state index in [1.807, 2.05) is 4.72 Å². The third-order valence-electron chi connectivity index (χ3n) is 2.29. The molecule has 0 aromatic heterocycles. The van der Waals surface area contributed by atoms with Crippen molar-refractivity contribution >= 4 is 22.0 Å². The Morgan fingerprint density at radius 2 is 1.95 bits per heavy atom. The monoisotopic (exact) mass is 303 g/mol. The quantitative estimate of drug-likeness (QED) is 0.701. The molecule has 1 rings (SSSR count). The Morgan fingerprint density at radius 3 is 2.45 bits per heavy atom. The lowest BCUT2D eigenvalue weighted by Gasteiger charge is -2.11. The van der Waals surface area contributed by atoms with Crippen LogP contribution in [0.4, 0.5) is 0 Å². The lowest BCUT2D eigenvalue weighted by atomic mass is 10.2. The average Bonchev–Trinajstić information content (AvgIpc) is 2.43. The highest BCUT2D eigenvalue weighted by Gasteiger charge is 2.22. The Hall–Kier alpha value is -2.13. The fourth-order valence-corrected chi connectivity index (χ4v) is 2.53. The van der Waals surface area contributed by atoms with Gasteiger partial charge in [-0.3, -0.25) is 4.79 Å². The number of carboxylic acids is 1. The molecule has 0 bridgehead atoms. The molecule has 1 aromatic carbocycles. The normalized spacial score (nSPS) is 10.9. The van der Waals surface area contributed by atoms with E-state index in [1.54, 1.807) is 0 Å². The number of aliphatic carboxylic acids is 1. The zero-order valence-electron chi connectivity index (χ0n) is 10.7. The highest BCUT2D eigenvalue weighted by Crippen LogP contribution is 2.25. The molecule has 0 heterocycles. The fraction of sp³-hybridized carbons (Fsp3) is 0.273. The Kier molecular flexibility index (Phi) is 5.06. The van der Waals surface area contributed by atoms with E-state index in [0.717, 1.165) is 13.2 Å². The standard InChI is InChI=1S/C11H13NO7S/c1-18-8-4-3-7(11(15)19-2)5-9(8)20(16,17)12-6-10(13)14/h3-5,12H,6H2,1-2H3,(H,13,14). The second-order valence-corrected chi connectivity index (χ2v) is 5.31. The van der Waals surface area contributed by atoms with Gasteiger partial charge in [0.05, 0.1) is 19.8 Å². The molecule has 0 fully saturated rings. The molecule has 110 valence electrons. The van der Waals surface area contributed by atoms with Gasteiger partial charge in [0.25, 0.3) is 0 Å². The summed E-state index contributed by atoms with van der Waals surface area (Å²) in [5.74, 6) is -2.07. The summed E-state index contributed by atoms with van der Waals surface area (Å²) in [6, 6.07) is 3.66. The Balaban J connectivity index is 3.26. The van der Waals surface area contributed by atoms with Gasteiger partial charge in [0.1, 0.15) is 17.2 Å². The fourth-order valence-electron chi connectivity index (χ4n) is 1.37. The van der Waals surface area contributed by atoms with Crippen LogP contribution in [0.2, 0.25) is 0 Å². The van der Waals surface area contributed by atoms with Crippen LogP contribution in [0, 0.1) is 0 Å². The molecule has 1 aromatic rings. The zero-order chi connectivity index (χ0) is 15.3. The lowest BCUT2D eigenvalue weighted by Crippen LogP contribution is -2.29. The molecule has 0 unspecified atom stereocenters. The van der Waals surface area contributed by atoms with Gasteiger partial charge in [-0.1, -0.05) is 0 Å². The van der Waals surface area contributed by atoms with E-state index in [0.29, 0.717) is 0 Å². The highest BCUT2D eigenvalue weighted by atomic mass is 32.2. The van der Waals surface area contributed by atoms with Gasteiger partial charge < -0.3 is 14.6 Å². The maximum Gasteiger partial charge on any atom is 0.337 e. The molecule has 0 spiro atoms. The molecule has 8 nitrogen and oxygen atoms in total. The molecule has 0 aliphatic rings. The van der Waals surface area contributed by atoms with Crippen molar-refractivity contribution < 1.29 is 32.6 Å². The van der Waals surface area contributed by atoms with Gasteiger partial charge >= 0.3 is 11.9 Å². The van der Waals surface area contributed by atoms with Crippen LogP contribution in [0.1, 0.15) is 10.4 Å². The largest absolute Gasteiger partial charge is 0.495 e. The van der Waals surface area contributed by atoms with Gasteiger partial charge in [0, 0.05) is 0 Å². The lowest BCUT2D eigenvalue weighted by molar-refractivity contribution is -0.135. The molecule has 0 saturated carbocycles. The second kappa shape index (κ2) is 6.35. The van der Waals surface area contributed by atoms with Crippen molar-refractivity contribution in [2.75, 3.05) is 20.8 Å². The molecule has 2 N–H and O–H groups in total. The predicted octanol–water partition coefficient (Wildman–Crippen LogP) is -0.155. The topological polar surface area (TPSA) is 119 Å². The molecule has 9 heteroatoms. The van der Waals surface area contributed by atoms with Crippen LogP contribution in [0.15, 0.2) is 23.1 Å². The first kappa shape index (κ1) is 15.9. The molecule has 0 atom stereocenters. The maximum atomic E-state index is 12.0. The van der Waals surface area contributed by atoms with E-state index in [2.05, 4.69) is 4.74 Å². The van der Waals surface area contributed by atoms with E-state index < -0.39 is 28.5 Å². The van der Waals surface area contributed by atoms with E-state index in [1.165, 1.54) is 19.2 Å². The number of hydrogen-bond donors (Lipinski definition) is 2. The van der Waals surface area contributed by atoms with Crippen LogP contribution >= 0.6 is 0 Å². The van der Waals surface area contributed by atoms with Crippen LogP contribution in [0.5, 0.6) is 5.75 Å². The van der Waals surface area contributed by atoms with E-state index in [4.69, 9.17) is 9.84 Å². The third kappa shape index (κ3) is 3.68. The SMILES string of the molecule is COC(=O)c1ccc(OC)c(S(=O)(=O)NCC(=O)O)c1. The number of nitrogens with one attached hydrogen (secondary N) is 1. The number of benzene rings is 1. The van der Waals surface area contributed by atoms with Crippen molar-refractivity contribution in [1.29, 1.82) is 0 Å². The number of ether oxygens (including phenoxy) is 2. The van der Waals surface area contributed by atoms with Crippen molar-refractivity contribution in [2.45, 2.75) is 4.90 Å². The molecule has 0 radical (unpaired) electrons. The first-order valence-electron chi connectivity index (χ1n) is 5.29.